The summed E-state index contributed by atoms with van der Waals surface area (Å²) in [7, 11) is 0. The van der Waals surface area contributed by atoms with Crippen molar-refractivity contribution >= 4 is 6.09 Å². The number of amides is 1. The maximum atomic E-state index is 11.9. The van der Waals surface area contributed by atoms with Crippen LogP contribution in [0.2, 0.25) is 0 Å². The van der Waals surface area contributed by atoms with Crippen molar-refractivity contribution < 1.29 is 9.53 Å². The summed E-state index contributed by atoms with van der Waals surface area (Å²) in [6.07, 6.45) is 2.85. The van der Waals surface area contributed by atoms with Crippen LogP contribution in [-0.2, 0) is 11.3 Å². The molecule has 1 aromatic carbocycles. The van der Waals surface area contributed by atoms with E-state index in [1.54, 1.807) is 0 Å². The van der Waals surface area contributed by atoms with Gasteiger partial charge >= 0.3 is 6.09 Å². The van der Waals surface area contributed by atoms with Gasteiger partial charge in [-0.1, -0.05) is 30.3 Å². The molecule has 0 saturated carbocycles. The first kappa shape index (κ1) is 15.8. The molecule has 4 heteroatoms. The van der Waals surface area contributed by atoms with Crippen molar-refractivity contribution in [3.05, 3.63) is 35.9 Å². The van der Waals surface area contributed by atoms with Crippen molar-refractivity contribution in [1.29, 1.82) is 0 Å². The van der Waals surface area contributed by atoms with Crippen LogP contribution < -0.4 is 5.32 Å². The van der Waals surface area contributed by atoms with Gasteiger partial charge in [0.05, 0.1) is 0 Å². The second kappa shape index (κ2) is 8.03. The molecule has 0 aliphatic carbocycles. The summed E-state index contributed by atoms with van der Waals surface area (Å²) in [6, 6.07) is 10.6. The van der Waals surface area contributed by atoms with Crippen molar-refractivity contribution in [3.8, 4) is 0 Å². The minimum Gasteiger partial charge on any atom is -0.445 e. The minimum absolute atomic E-state index is 0.233. The molecule has 1 aliphatic heterocycles. The van der Waals surface area contributed by atoms with Gasteiger partial charge in [-0.05, 0) is 45.2 Å². The summed E-state index contributed by atoms with van der Waals surface area (Å²) in [4.78, 5) is 14.3. The number of likely N-dealkylation sites (tertiary alicyclic amines) is 1. The summed E-state index contributed by atoms with van der Waals surface area (Å²) in [6.45, 7) is 6.94. The van der Waals surface area contributed by atoms with Crippen molar-refractivity contribution in [1.82, 2.24) is 10.2 Å². The highest BCUT2D eigenvalue weighted by Crippen LogP contribution is 2.13. The molecule has 116 valence electrons. The van der Waals surface area contributed by atoms with Crippen LogP contribution >= 0.6 is 0 Å². The third-order valence-corrected chi connectivity index (χ3v) is 4.03. The predicted molar refractivity (Wildman–Crippen MR) is 84.1 cm³/mol. The molecule has 1 unspecified atom stereocenters. The number of ether oxygens (including phenoxy) is 1. The third-order valence-electron chi connectivity index (χ3n) is 4.03. The van der Waals surface area contributed by atoms with Crippen LogP contribution in [0.15, 0.2) is 30.3 Å². The van der Waals surface area contributed by atoms with Crippen molar-refractivity contribution in [2.75, 3.05) is 13.1 Å². The fourth-order valence-electron chi connectivity index (χ4n) is 2.71. The van der Waals surface area contributed by atoms with E-state index in [0.29, 0.717) is 12.6 Å². The van der Waals surface area contributed by atoms with Crippen molar-refractivity contribution in [2.45, 2.75) is 51.8 Å². The van der Waals surface area contributed by atoms with Crippen molar-refractivity contribution in [3.63, 3.8) is 0 Å². The molecule has 0 bridgehead atoms. The first-order chi connectivity index (χ1) is 10.1. The summed E-state index contributed by atoms with van der Waals surface area (Å²) < 4.78 is 5.28. The Morgan fingerprint density at radius 1 is 1.29 bits per heavy atom. The number of nitrogens with one attached hydrogen (secondary N) is 1. The predicted octanol–water partition coefficient (Wildman–Crippen LogP) is 3.18. The Morgan fingerprint density at radius 2 is 2.05 bits per heavy atom. The first-order valence-corrected chi connectivity index (χ1v) is 7.86. The molecule has 0 radical (unpaired) electrons. The standard InChI is InChI=1S/C17H26N2O2/c1-14(2)19-11-6-9-16(10-12-19)18-17(20)21-13-15-7-4-3-5-8-15/h3-5,7-8,14,16H,6,9-13H2,1-2H3,(H,18,20). The molecule has 1 saturated heterocycles. The maximum Gasteiger partial charge on any atom is 0.407 e. The lowest BCUT2D eigenvalue weighted by Crippen LogP contribution is -2.37. The molecule has 1 aromatic rings. The highest BCUT2D eigenvalue weighted by atomic mass is 16.5. The van der Waals surface area contributed by atoms with E-state index in [1.165, 1.54) is 0 Å². The Labute approximate surface area is 127 Å². The molecule has 1 N–H and O–H groups in total. The molecule has 2 rings (SSSR count). The molecule has 1 fully saturated rings. The molecule has 1 atom stereocenters. The lowest BCUT2D eigenvalue weighted by Gasteiger charge is -2.24. The highest BCUT2D eigenvalue weighted by molar-refractivity contribution is 5.67. The van der Waals surface area contributed by atoms with Gasteiger partial charge in [-0.2, -0.15) is 0 Å². The van der Waals surface area contributed by atoms with E-state index in [0.717, 1.165) is 37.9 Å². The summed E-state index contributed by atoms with van der Waals surface area (Å²) in [5.74, 6) is 0. The second-order valence-electron chi connectivity index (χ2n) is 5.96. The van der Waals surface area contributed by atoms with Gasteiger partial charge in [-0.3, -0.25) is 0 Å². The van der Waals surface area contributed by atoms with Gasteiger partial charge in [0.2, 0.25) is 0 Å². The molecule has 0 spiro atoms. The lowest BCUT2D eigenvalue weighted by atomic mass is 10.1. The van der Waals surface area contributed by atoms with E-state index in [1.807, 2.05) is 30.3 Å². The number of nitrogens with zero attached hydrogens (tertiary/aromatic N) is 1. The van der Waals surface area contributed by atoms with Gasteiger partial charge in [-0.25, -0.2) is 4.79 Å². The van der Waals surface area contributed by atoms with Gasteiger partial charge in [0.1, 0.15) is 6.61 Å². The van der Waals surface area contributed by atoms with Crippen LogP contribution in [0.1, 0.15) is 38.7 Å². The largest absolute Gasteiger partial charge is 0.445 e. The van der Waals surface area contributed by atoms with Crippen LogP contribution in [0.3, 0.4) is 0 Å². The number of alkyl carbamates (subject to hydrolysis) is 1. The SMILES string of the molecule is CC(C)N1CCCC(NC(=O)OCc2ccccc2)CC1. The van der Waals surface area contributed by atoms with Gasteiger partial charge in [-0.15, -0.1) is 0 Å². The summed E-state index contributed by atoms with van der Waals surface area (Å²) >= 11 is 0. The fraction of sp³-hybridized carbons (Fsp3) is 0.588. The Bertz CT molecular complexity index is 434. The van der Waals surface area contributed by atoms with E-state index in [-0.39, 0.29) is 12.1 Å². The molecule has 1 aliphatic rings. The Morgan fingerprint density at radius 3 is 2.76 bits per heavy atom. The molecule has 1 heterocycles. The number of carbonyl (C=O) groups is 1. The average molecular weight is 290 g/mol. The monoisotopic (exact) mass is 290 g/mol. The molecule has 0 aromatic heterocycles. The molecule has 4 nitrogen and oxygen atoms in total. The summed E-state index contributed by atoms with van der Waals surface area (Å²) in [5.41, 5.74) is 1.01. The second-order valence-corrected chi connectivity index (χ2v) is 5.96. The van der Waals surface area contributed by atoms with E-state index < -0.39 is 0 Å². The van der Waals surface area contributed by atoms with Gasteiger partial charge in [0.15, 0.2) is 0 Å². The normalized spacial score (nSPS) is 20.0. The van der Waals surface area contributed by atoms with Crippen molar-refractivity contribution in [2.24, 2.45) is 0 Å². The van der Waals surface area contributed by atoms with Crippen LogP contribution in [0.5, 0.6) is 0 Å². The van der Waals surface area contributed by atoms with Crippen LogP contribution in [0.25, 0.3) is 0 Å². The number of rotatable bonds is 4. The Balaban J connectivity index is 1.72. The smallest absolute Gasteiger partial charge is 0.407 e. The third kappa shape index (κ3) is 5.38. The zero-order valence-corrected chi connectivity index (χ0v) is 13.0. The zero-order valence-electron chi connectivity index (χ0n) is 13.0. The fourth-order valence-corrected chi connectivity index (χ4v) is 2.71. The molecular weight excluding hydrogens is 264 g/mol. The molecular formula is C17H26N2O2. The van der Waals surface area contributed by atoms with Gasteiger partial charge < -0.3 is 15.0 Å². The number of benzene rings is 1. The van der Waals surface area contributed by atoms with E-state index in [2.05, 4.69) is 24.1 Å². The molecule has 21 heavy (non-hydrogen) atoms. The van der Waals surface area contributed by atoms with Gasteiger partial charge in [0.25, 0.3) is 0 Å². The number of hydrogen-bond donors (Lipinski definition) is 1. The minimum atomic E-state index is -0.304. The average Bonchev–Trinajstić information content (AvgIpc) is 2.72. The van der Waals surface area contributed by atoms with E-state index in [4.69, 9.17) is 4.74 Å². The maximum absolute atomic E-state index is 11.9. The summed E-state index contributed by atoms with van der Waals surface area (Å²) in [5, 5.41) is 3.00. The lowest BCUT2D eigenvalue weighted by molar-refractivity contribution is 0.134. The quantitative estimate of drug-likeness (QED) is 0.926. The van der Waals surface area contributed by atoms with Crippen LogP contribution in [-0.4, -0.2) is 36.2 Å². The zero-order chi connectivity index (χ0) is 15.1. The van der Waals surface area contributed by atoms with Gasteiger partial charge in [0, 0.05) is 18.6 Å². The van der Waals surface area contributed by atoms with E-state index in [9.17, 15) is 4.79 Å². The van der Waals surface area contributed by atoms with Crippen LogP contribution in [0, 0.1) is 0 Å². The molecule has 1 amide bonds. The first-order valence-electron chi connectivity index (χ1n) is 7.86. The Kier molecular flexibility index (Phi) is 6.05. The van der Waals surface area contributed by atoms with Crippen LogP contribution in [0.4, 0.5) is 4.79 Å². The number of hydrogen-bond acceptors (Lipinski definition) is 3. The Hall–Kier alpha value is -1.55. The number of carbonyl (C=O) groups excluding carboxylic acids is 1. The van der Waals surface area contributed by atoms with E-state index >= 15 is 0 Å². The highest BCUT2D eigenvalue weighted by Gasteiger charge is 2.20. The topological polar surface area (TPSA) is 41.6 Å².